The number of aromatic nitrogens is 1. The van der Waals surface area contributed by atoms with Crippen molar-refractivity contribution in [3.05, 3.63) is 47.7 Å². The number of nitrogens with zero attached hydrogens (tertiary/aromatic N) is 3. The molecule has 0 unspecified atom stereocenters. The summed E-state index contributed by atoms with van der Waals surface area (Å²) in [6, 6.07) is 6.93. The smallest absolute Gasteiger partial charge is 0.330 e. The van der Waals surface area contributed by atoms with Crippen LogP contribution in [-0.4, -0.2) is 59.8 Å². The molecular formula is C21H18F2N4O4. The van der Waals surface area contributed by atoms with E-state index in [1.807, 2.05) is 0 Å². The molecule has 1 aromatic carbocycles. The molecule has 2 heterocycles. The number of alkyl halides is 2. The second kappa shape index (κ2) is 8.87. The van der Waals surface area contributed by atoms with E-state index in [1.165, 1.54) is 31.5 Å². The minimum absolute atomic E-state index is 0.217. The molecule has 1 atom stereocenters. The third-order valence-electron chi connectivity index (χ3n) is 4.76. The number of ether oxygens (including phenoxy) is 1. The van der Waals surface area contributed by atoms with Crippen LogP contribution in [0.15, 0.2) is 36.5 Å². The highest BCUT2D eigenvalue weighted by Crippen LogP contribution is 2.31. The molecule has 2 amide bonds. The molecule has 0 spiro atoms. The first kappa shape index (κ1) is 21.8. The highest BCUT2D eigenvalue weighted by Gasteiger charge is 2.47. The van der Waals surface area contributed by atoms with Crippen molar-refractivity contribution in [2.75, 3.05) is 20.2 Å². The Kier molecular flexibility index (Phi) is 6.25. The highest BCUT2D eigenvalue weighted by atomic mass is 19.3. The number of esters is 1. The molecule has 1 aliphatic heterocycles. The van der Waals surface area contributed by atoms with Crippen molar-refractivity contribution < 1.29 is 27.9 Å². The van der Waals surface area contributed by atoms with Crippen molar-refractivity contribution in [2.24, 2.45) is 0 Å². The number of methoxy groups -OCH3 is 1. The van der Waals surface area contributed by atoms with Gasteiger partial charge in [0.05, 0.1) is 37.3 Å². The molecule has 1 aliphatic rings. The van der Waals surface area contributed by atoms with Crippen LogP contribution in [0.25, 0.3) is 17.0 Å². The third kappa shape index (κ3) is 5.01. The number of fused-ring (bicyclic) bond motifs is 1. The van der Waals surface area contributed by atoms with E-state index in [-0.39, 0.29) is 5.56 Å². The van der Waals surface area contributed by atoms with Gasteiger partial charge in [-0.2, -0.15) is 5.26 Å². The number of pyridine rings is 1. The van der Waals surface area contributed by atoms with Gasteiger partial charge in [-0.25, -0.2) is 13.6 Å². The molecule has 0 saturated carbocycles. The molecule has 1 aromatic heterocycles. The van der Waals surface area contributed by atoms with Crippen molar-refractivity contribution in [1.29, 1.82) is 5.26 Å². The molecule has 10 heteroatoms. The van der Waals surface area contributed by atoms with Crippen LogP contribution in [0.3, 0.4) is 0 Å². The lowest BCUT2D eigenvalue weighted by Gasteiger charge is -2.19. The van der Waals surface area contributed by atoms with Crippen molar-refractivity contribution in [1.82, 2.24) is 15.2 Å². The van der Waals surface area contributed by atoms with Crippen LogP contribution < -0.4 is 5.32 Å². The van der Waals surface area contributed by atoms with Crippen LogP contribution in [0.1, 0.15) is 22.3 Å². The monoisotopic (exact) mass is 428 g/mol. The van der Waals surface area contributed by atoms with Crippen molar-refractivity contribution in [3.63, 3.8) is 0 Å². The van der Waals surface area contributed by atoms with Crippen LogP contribution in [-0.2, 0) is 14.3 Å². The van der Waals surface area contributed by atoms with Gasteiger partial charge in [0, 0.05) is 24.1 Å². The summed E-state index contributed by atoms with van der Waals surface area (Å²) in [6.45, 7) is -1.38. The first-order valence-electron chi connectivity index (χ1n) is 9.24. The normalized spacial score (nSPS) is 17.5. The van der Waals surface area contributed by atoms with Gasteiger partial charge in [0.25, 0.3) is 11.8 Å². The van der Waals surface area contributed by atoms with Crippen LogP contribution in [0.2, 0.25) is 0 Å². The third-order valence-corrected chi connectivity index (χ3v) is 4.76. The number of hydrogen-bond acceptors (Lipinski definition) is 6. The first-order valence-corrected chi connectivity index (χ1v) is 9.24. The number of hydrogen-bond donors (Lipinski definition) is 1. The zero-order valence-corrected chi connectivity index (χ0v) is 16.5. The number of rotatable bonds is 5. The molecule has 160 valence electrons. The second-order valence-electron chi connectivity index (χ2n) is 6.90. The Hall–Kier alpha value is -3.87. The Bertz CT molecular complexity index is 1110. The summed E-state index contributed by atoms with van der Waals surface area (Å²) in [5, 5.41) is 11.9. The second-order valence-corrected chi connectivity index (χ2v) is 6.90. The SMILES string of the molecule is COC(=O)/C=C/c1ccc2nccc(C(=O)NCC(=O)N3CC(F)(F)C[C@H]3C#N)c2c1. The number of nitrogens with one attached hydrogen (secondary N) is 1. The molecule has 2 aromatic rings. The molecule has 8 nitrogen and oxygen atoms in total. The molecule has 0 bridgehead atoms. The maximum Gasteiger partial charge on any atom is 0.330 e. The average Bonchev–Trinajstić information content (AvgIpc) is 3.09. The number of amides is 2. The van der Waals surface area contributed by atoms with Gasteiger partial charge in [0.1, 0.15) is 6.04 Å². The van der Waals surface area contributed by atoms with Crippen molar-refractivity contribution in [2.45, 2.75) is 18.4 Å². The summed E-state index contributed by atoms with van der Waals surface area (Å²) in [6.07, 6.45) is 3.45. The lowest BCUT2D eigenvalue weighted by atomic mass is 10.0. The number of carbonyl (C=O) groups excluding carboxylic acids is 3. The maximum absolute atomic E-state index is 13.5. The molecule has 1 saturated heterocycles. The number of carbonyl (C=O) groups is 3. The Morgan fingerprint density at radius 3 is 2.87 bits per heavy atom. The van der Waals surface area contributed by atoms with E-state index in [4.69, 9.17) is 5.26 Å². The fourth-order valence-electron chi connectivity index (χ4n) is 3.24. The fraction of sp³-hybridized carbons (Fsp3) is 0.286. The number of halogens is 2. The minimum atomic E-state index is -3.13. The topological polar surface area (TPSA) is 112 Å². The Balaban J connectivity index is 1.76. The Morgan fingerprint density at radius 1 is 1.39 bits per heavy atom. The minimum Gasteiger partial charge on any atom is -0.466 e. The number of nitriles is 1. The van der Waals surface area contributed by atoms with Gasteiger partial charge in [-0.05, 0) is 29.8 Å². The van der Waals surface area contributed by atoms with E-state index in [0.29, 0.717) is 16.5 Å². The standard InChI is InChI=1S/C21H18F2N4O4/c1-31-19(29)5-3-13-2-4-17-16(8-13)15(6-7-25-17)20(30)26-11-18(28)27-12-21(22,23)9-14(27)10-24/h2-8,14H,9,11-12H2,1H3,(H,26,30)/b5-3+/t14-/m0/s1. The summed E-state index contributed by atoms with van der Waals surface area (Å²) < 4.78 is 31.6. The van der Waals surface area contributed by atoms with Gasteiger partial charge in [-0.1, -0.05) is 6.07 Å². The summed E-state index contributed by atoms with van der Waals surface area (Å²) in [5.74, 6) is -5.03. The summed E-state index contributed by atoms with van der Waals surface area (Å²) in [7, 11) is 1.25. The van der Waals surface area contributed by atoms with Gasteiger partial charge in [0.2, 0.25) is 5.91 Å². The van der Waals surface area contributed by atoms with E-state index in [1.54, 1.807) is 24.3 Å². The van der Waals surface area contributed by atoms with Crippen LogP contribution in [0, 0.1) is 11.3 Å². The Labute approximate surface area is 176 Å². The largest absolute Gasteiger partial charge is 0.466 e. The van der Waals surface area contributed by atoms with E-state index in [0.717, 1.165) is 4.90 Å². The van der Waals surface area contributed by atoms with E-state index < -0.39 is 49.3 Å². The number of likely N-dealkylation sites (tertiary alicyclic amines) is 1. The lowest BCUT2D eigenvalue weighted by Crippen LogP contribution is -2.43. The molecule has 1 fully saturated rings. The maximum atomic E-state index is 13.5. The van der Waals surface area contributed by atoms with Crippen molar-refractivity contribution >= 4 is 34.8 Å². The molecule has 31 heavy (non-hydrogen) atoms. The van der Waals surface area contributed by atoms with Crippen LogP contribution in [0.4, 0.5) is 8.78 Å². The molecule has 0 aliphatic carbocycles. The first-order chi connectivity index (χ1) is 14.7. The number of benzene rings is 1. The van der Waals surface area contributed by atoms with E-state index in [2.05, 4.69) is 15.0 Å². The van der Waals surface area contributed by atoms with Gasteiger partial charge >= 0.3 is 5.97 Å². The lowest BCUT2D eigenvalue weighted by molar-refractivity contribution is -0.134. The average molecular weight is 428 g/mol. The zero-order chi connectivity index (χ0) is 22.6. The molecule has 1 N–H and O–H groups in total. The molecule has 3 rings (SSSR count). The van der Waals surface area contributed by atoms with Gasteiger partial charge in [0.15, 0.2) is 0 Å². The van der Waals surface area contributed by atoms with E-state index in [9.17, 15) is 23.2 Å². The zero-order valence-electron chi connectivity index (χ0n) is 16.5. The quantitative estimate of drug-likeness (QED) is 0.575. The molecular weight excluding hydrogens is 410 g/mol. The summed E-state index contributed by atoms with van der Waals surface area (Å²) in [5.41, 5.74) is 1.35. The van der Waals surface area contributed by atoms with Gasteiger partial charge in [-0.3, -0.25) is 14.6 Å². The van der Waals surface area contributed by atoms with Gasteiger partial charge < -0.3 is 15.0 Å². The fourth-order valence-corrected chi connectivity index (χ4v) is 3.24. The predicted molar refractivity (Wildman–Crippen MR) is 106 cm³/mol. The predicted octanol–water partition coefficient (Wildman–Crippen LogP) is 1.91. The molecule has 0 radical (unpaired) electrons. The van der Waals surface area contributed by atoms with Gasteiger partial charge in [-0.15, -0.1) is 0 Å². The summed E-state index contributed by atoms with van der Waals surface area (Å²) >= 11 is 0. The van der Waals surface area contributed by atoms with Crippen LogP contribution in [0.5, 0.6) is 0 Å². The summed E-state index contributed by atoms with van der Waals surface area (Å²) in [4.78, 5) is 41.2. The van der Waals surface area contributed by atoms with Crippen molar-refractivity contribution in [3.8, 4) is 6.07 Å². The van der Waals surface area contributed by atoms with E-state index >= 15 is 0 Å². The van der Waals surface area contributed by atoms with Crippen LogP contribution >= 0.6 is 0 Å². The Morgan fingerprint density at radius 2 is 2.16 bits per heavy atom. The highest BCUT2D eigenvalue weighted by molar-refractivity contribution is 6.07.